The van der Waals surface area contributed by atoms with Crippen molar-refractivity contribution in [2.45, 2.75) is 33.0 Å². The number of aromatic nitrogens is 1. The van der Waals surface area contributed by atoms with Crippen molar-refractivity contribution >= 4 is 28.5 Å². The number of hydrogen-bond acceptors (Lipinski definition) is 4. The van der Waals surface area contributed by atoms with Crippen molar-refractivity contribution in [3.63, 3.8) is 0 Å². The van der Waals surface area contributed by atoms with Gasteiger partial charge in [0.15, 0.2) is 0 Å². The number of hydrogen-bond donors (Lipinski definition) is 2. The molecule has 234 valence electrons. The summed E-state index contributed by atoms with van der Waals surface area (Å²) in [6, 6.07) is 17.1. The van der Waals surface area contributed by atoms with Crippen molar-refractivity contribution < 1.29 is 32.2 Å². The number of methoxy groups -OCH3 is 2. The molecule has 0 aliphatic carbocycles. The molecular formula is C33H37F3N4O4. The SMILES string of the molecule is COc1cc(NC(=O)N(CC(=O)N(CCc2c[nH]c3ccccc23)Cc2ccc(C(F)(F)F)cc2)CC(C)C)cc(OC)c1. The molecule has 0 aliphatic heterocycles. The minimum Gasteiger partial charge on any atom is -0.497 e. The summed E-state index contributed by atoms with van der Waals surface area (Å²) < 4.78 is 50.1. The molecule has 0 radical (unpaired) electrons. The van der Waals surface area contributed by atoms with Gasteiger partial charge in [0.2, 0.25) is 5.91 Å². The molecule has 8 nitrogen and oxygen atoms in total. The quantitative estimate of drug-likeness (QED) is 0.182. The molecule has 0 fully saturated rings. The number of carbonyl (C=O) groups is 2. The first-order valence-corrected chi connectivity index (χ1v) is 14.2. The average molecular weight is 611 g/mol. The van der Waals surface area contributed by atoms with Crippen LogP contribution in [0.4, 0.5) is 23.7 Å². The zero-order valence-corrected chi connectivity index (χ0v) is 25.2. The Morgan fingerprint density at radius 2 is 1.59 bits per heavy atom. The molecule has 1 aromatic heterocycles. The lowest BCUT2D eigenvalue weighted by Crippen LogP contribution is -2.46. The standard InChI is InChI=1S/C33H37F3N4O4/c1-22(2)19-40(32(42)38-26-15-27(43-3)17-28(16-26)44-4)21-31(41)39(20-23-9-11-25(12-10-23)33(34,35)36)14-13-24-18-37-30-8-6-5-7-29(24)30/h5-12,15-18,22,37H,13-14,19-21H2,1-4H3,(H,38,42). The molecule has 4 aromatic rings. The van der Waals surface area contributed by atoms with Gasteiger partial charge in [0, 0.05) is 60.6 Å². The maximum absolute atomic E-state index is 13.8. The van der Waals surface area contributed by atoms with Gasteiger partial charge in [0.1, 0.15) is 18.0 Å². The number of alkyl halides is 3. The molecule has 44 heavy (non-hydrogen) atoms. The number of fused-ring (bicyclic) bond motifs is 1. The van der Waals surface area contributed by atoms with Crippen molar-refractivity contribution in [3.8, 4) is 11.5 Å². The van der Waals surface area contributed by atoms with Crippen LogP contribution < -0.4 is 14.8 Å². The van der Waals surface area contributed by atoms with E-state index >= 15 is 0 Å². The van der Waals surface area contributed by atoms with E-state index in [2.05, 4.69) is 10.3 Å². The van der Waals surface area contributed by atoms with E-state index < -0.39 is 17.8 Å². The lowest BCUT2D eigenvalue weighted by atomic mass is 10.1. The van der Waals surface area contributed by atoms with Gasteiger partial charge in [-0.05, 0) is 41.7 Å². The molecule has 0 spiro atoms. The second kappa shape index (κ2) is 14.2. The number of amides is 3. The van der Waals surface area contributed by atoms with Crippen molar-refractivity contribution in [1.29, 1.82) is 0 Å². The normalized spacial score (nSPS) is 11.5. The number of para-hydroxylation sites is 1. The summed E-state index contributed by atoms with van der Waals surface area (Å²) in [7, 11) is 3.01. The van der Waals surface area contributed by atoms with Crippen molar-refractivity contribution in [2.75, 3.05) is 39.2 Å². The van der Waals surface area contributed by atoms with Crippen LogP contribution >= 0.6 is 0 Å². The van der Waals surface area contributed by atoms with Gasteiger partial charge in [-0.25, -0.2) is 4.79 Å². The number of benzene rings is 3. The van der Waals surface area contributed by atoms with Crippen molar-refractivity contribution in [3.05, 3.63) is 89.6 Å². The van der Waals surface area contributed by atoms with Gasteiger partial charge in [0.25, 0.3) is 0 Å². The Balaban J connectivity index is 1.55. The predicted octanol–water partition coefficient (Wildman–Crippen LogP) is 6.97. The fourth-order valence-electron chi connectivity index (χ4n) is 4.91. The Kier molecular flexibility index (Phi) is 10.4. The molecule has 0 atom stereocenters. The number of nitrogens with one attached hydrogen (secondary N) is 2. The Morgan fingerprint density at radius 3 is 2.20 bits per heavy atom. The minimum atomic E-state index is -4.46. The fraction of sp³-hybridized carbons (Fsp3) is 0.333. The van der Waals surface area contributed by atoms with Gasteiger partial charge in [-0.1, -0.05) is 44.2 Å². The Labute approximate surface area is 254 Å². The van der Waals surface area contributed by atoms with E-state index in [0.29, 0.717) is 42.3 Å². The molecule has 0 bridgehead atoms. The lowest BCUT2D eigenvalue weighted by Gasteiger charge is -2.29. The Hall–Kier alpha value is -4.67. The van der Waals surface area contributed by atoms with Gasteiger partial charge in [-0.3, -0.25) is 4.79 Å². The smallest absolute Gasteiger partial charge is 0.416 e. The van der Waals surface area contributed by atoms with E-state index in [1.807, 2.05) is 44.3 Å². The Morgan fingerprint density at radius 1 is 0.932 bits per heavy atom. The first-order valence-electron chi connectivity index (χ1n) is 14.2. The molecule has 3 amide bonds. The van der Waals surface area contributed by atoms with E-state index in [-0.39, 0.29) is 24.9 Å². The van der Waals surface area contributed by atoms with Crippen LogP contribution in [-0.2, 0) is 23.9 Å². The summed E-state index contributed by atoms with van der Waals surface area (Å²) in [5.41, 5.74) is 2.21. The molecule has 0 saturated carbocycles. The van der Waals surface area contributed by atoms with Gasteiger partial charge < -0.3 is 29.6 Å². The summed E-state index contributed by atoms with van der Waals surface area (Å²) >= 11 is 0. The second-order valence-corrected chi connectivity index (χ2v) is 10.9. The van der Waals surface area contributed by atoms with E-state index in [9.17, 15) is 22.8 Å². The maximum atomic E-state index is 13.8. The zero-order valence-electron chi connectivity index (χ0n) is 25.2. The van der Waals surface area contributed by atoms with E-state index in [0.717, 1.165) is 28.6 Å². The molecule has 3 aromatic carbocycles. The van der Waals surface area contributed by atoms with Crippen LogP contribution in [0.15, 0.2) is 72.9 Å². The van der Waals surface area contributed by atoms with Gasteiger partial charge in [-0.15, -0.1) is 0 Å². The topological polar surface area (TPSA) is 86.9 Å². The average Bonchev–Trinajstić information content (AvgIpc) is 3.41. The molecular weight excluding hydrogens is 573 g/mol. The summed E-state index contributed by atoms with van der Waals surface area (Å²) in [5, 5.41) is 3.86. The van der Waals surface area contributed by atoms with Crippen LogP contribution in [0, 0.1) is 5.92 Å². The van der Waals surface area contributed by atoms with E-state index in [4.69, 9.17) is 9.47 Å². The molecule has 0 saturated heterocycles. The molecule has 2 N–H and O–H groups in total. The van der Waals surface area contributed by atoms with E-state index in [1.165, 1.54) is 31.3 Å². The number of halogens is 3. The lowest BCUT2D eigenvalue weighted by molar-refractivity contribution is -0.137. The van der Waals surface area contributed by atoms with Gasteiger partial charge in [-0.2, -0.15) is 13.2 Å². The molecule has 0 aliphatic rings. The Bertz CT molecular complexity index is 1550. The molecule has 11 heteroatoms. The third kappa shape index (κ3) is 8.46. The summed E-state index contributed by atoms with van der Waals surface area (Å²) in [6.07, 6.45) is -2.05. The van der Waals surface area contributed by atoms with Crippen LogP contribution in [0.25, 0.3) is 10.9 Å². The van der Waals surface area contributed by atoms with Crippen LogP contribution in [0.3, 0.4) is 0 Å². The number of nitrogens with zero attached hydrogens (tertiary/aromatic N) is 2. The first-order chi connectivity index (χ1) is 21.0. The van der Waals surface area contributed by atoms with Crippen molar-refractivity contribution in [2.24, 2.45) is 5.92 Å². The molecule has 1 heterocycles. The number of rotatable bonds is 12. The van der Waals surface area contributed by atoms with Crippen LogP contribution in [0.5, 0.6) is 11.5 Å². The summed E-state index contributed by atoms with van der Waals surface area (Å²) in [4.78, 5) is 33.5. The summed E-state index contributed by atoms with van der Waals surface area (Å²) in [6.45, 7) is 4.34. The fourth-order valence-corrected chi connectivity index (χ4v) is 4.91. The summed E-state index contributed by atoms with van der Waals surface area (Å²) in [5.74, 6) is 0.712. The zero-order chi connectivity index (χ0) is 31.9. The second-order valence-electron chi connectivity index (χ2n) is 10.9. The van der Waals surface area contributed by atoms with Gasteiger partial charge >= 0.3 is 12.2 Å². The number of H-pyrrole nitrogens is 1. The number of anilines is 1. The van der Waals surface area contributed by atoms with E-state index in [1.54, 1.807) is 23.1 Å². The highest BCUT2D eigenvalue weighted by atomic mass is 19.4. The largest absolute Gasteiger partial charge is 0.497 e. The van der Waals surface area contributed by atoms with Crippen LogP contribution in [0.1, 0.15) is 30.5 Å². The number of carbonyl (C=O) groups excluding carboxylic acids is 2. The predicted molar refractivity (Wildman–Crippen MR) is 164 cm³/mol. The van der Waals surface area contributed by atoms with Crippen LogP contribution in [0.2, 0.25) is 0 Å². The highest BCUT2D eigenvalue weighted by molar-refractivity contribution is 5.93. The number of aromatic amines is 1. The van der Waals surface area contributed by atoms with Crippen molar-refractivity contribution in [1.82, 2.24) is 14.8 Å². The minimum absolute atomic E-state index is 0.0583. The van der Waals surface area contributed by atoms with Gasteiger partial charge in [0.05, 0.1) is 19.8 Å². The maximum Gasteiger partial charge on any atom is 0.416 e. The third-order valence-electron chi connectivity index (χ3n) is 7.13. The third-order valence-corrected chi connectivity index (χ3v) is 7.13. The molecule has 4 rings (SSSR count). The monoisotopic (exact) mass is 610 g/mol. The highest BCUT2D eigenvalue weighted by Gasteiger charge is 2.30. The van der Waals surface area contributed by atoms with Crippen LogP contribution in [-0.4, -0.2) is 60.6 Å². The number of urea groups is 1. The highest BCUT2D eigenvalue weighted by Crippen LogP contribution is 2.29. The first kappa shape index (κ1) is 32.2. The number of ether oxygens (including phenoxy) is 2. The molecule has 0 unspecified atom stereocenters.